The Kier molecular flexibility index (Phi) is 4.04. The number of benzene rings is 1. The molecule has 1 atom stereocenters. The summed E-state index contributed by atoms with van der Waals surface area (Å²) in [6.07, 6.45) is -2.49. The molecule has 0 heterocycles. The Balaban J connectivity index is 2.79. The molecule has 0 saturated heterocycles. The summed E-state index contributed by atoms with van der Waals surface area (Å²) in [5, 5.41) is 5.30. The van der Waals surface area contributed by atoms with Gasteiger partial charge >= 0.3 is 5.38 Å². The molecule has 0 aliphatic rings. The van der Waals surface area contributed by atoms with Gasteiger partial charge in [-0.25, -0.2) is 4.39 Å². The fourth-order valence-corrected chi connectivity index (χ4v) is 1.25. The van der Waals surface area contributed by atoms with Gasteiger partial charge in [-0.05, 0) is 29.3 Å². The van der Waals surface area contributed by atoms with Gasteiger partial charge in [-0.1, -0.05) is 6.07 Å². The highest BCUT2D eigenvalue weighted by Crippen LogP contribution is 2.27. The molecule has 1 N–H and O–H groups in total. The average molecular weight is 255 g/mol. The quantitative estimate of drug-likeness (QED) is 0.837. The summed E-state index contributed by atoms with van der Waals surface area (Å²) in [7, 11) is 1.29. The van der Waals surface area contributed by atoms with Crippen molar-refractivity contribution in [2.75, 3.05) is 7.11 Å². The Bertz CT molecular complexity index is 366. The van der Waals surface area contributed by atoms with Crippen LogP contribution < -0.4 is 4.74 Å². The predicted molar refractivity (Wildman–Crippen MR) is 53.5 cm³/mol. The molecular weight excluding hydrogens is 245 g/mol. The van der Waals surface area contributed by atoms with Crippen LogP contribution in [-0.2, 0) is 6.42 Å². The van der Waals surface area contributed by atoms with Gasteiger partial charge in [0.2, 0.25) is 0 Å². The Morgan fingerprint density at radius 1 is 1.50 bits per heavy atom. The van der Waals surface area contributed by atoms with Crippen molar-refractivity contribution >= 4 is 11.6 Å². The van der Waals surface area contributed by atoms with Gasteiger partial charge in [0.25, 0.3) is 0 Å². The molecule has 1 unspecified atom stereocenters. The topological polar surface area (TPSA) is 29.5 Å². The maximum Gasteiger partial charge on any atom is 0.347 e. The van der Waals surface area contributed by atoms with Crippen LogP contribution in [0.2, 0.25) is 0 Å². The minimum atomic E-state index is -3.73. The predicted octanol–water partition coefficient (Wildman–Crippen LogP) is 2.57. The number of aliphatic hydroxyl groups is 1. The van der Waals surface area contributed by atoms with Crippen LogP contribution >= 0.6 is 11.6 Å². The van der Waals surface area contributed by atoms with E-state index in [-0.39, 0.29) is 11.3 Å². The minimum absolute atomic E-state index is 0.0101. The number of ether oxygens (including phenoxy) is 1. The van der Waals surface area contributed by atoms with E-state index in [1.165, 1.54) is 19.2 Å². The van der Waals surface area contributed by atoms with Crippen LogP contribution in [0.25, 0.3) is 0 Å². The molecule has 0 saturated carbocycles. The summed E-state index contributed by atoms with van der Waals surface area (Å²) in [5.41, 5.74) is 0.214. The van der Waals surface area contributed by atoms with Crippen LogP contribution in [0.5, 0.6) is 5.75 Å². The van der Waals surface area contributed by atoms with Gasteiger partial charge in [0, 0.05) is 6.42 Å². The van der Waals surface area contributed by atoms with Gasteiger partial charge in [-0.15, -0.1) is 0 Å². The first kappa shape index (κ1) is 13.1. The highest BCUT2D eigenvalue weighted by molar-refractivity contribution is 6.22. The standard InChI is InChI=1S/C10H10ClF3O2/c1-16-8-3-2-6(4-7(8)12)5-9(15)10(11,13)14/h2-4,9,15H,5H2,1H3. The molecular formula is C10H10ClF3O2. The molecule has 0 spiro atoms. The fraction of sp³-hybridized carbons (Fsp3) is 0.400. The average Bonchev–Trinajstić information content (AvgIpc) is 2.16. The molecule has 16 heavy (non-hydrogen) atoms. The summed E-state index contributed by atoms with van der Waals surface area (Å²) in [6.45, 7) is 0. The Morgan fingerprint density at radius 2 is 2.12 bits per heavy atom. The van der Waals surface area contributed by atoms with Gasteiger partial charge in [-0.2, -0.15) is 8.78 Å². The lowest BCUT2D eigenvalue weighted by atomic mass is 10.1. The SMILES string of the molecule is COc1ccc(CC(O)C(F)(F)Cl)cc1F. The number of hydrogen-bond acceptors (Lipinski definition) is 2. The number of methoxy groups -OCH3 is 1. The molecule has 1 aromatic rings. The van der Waals surface area contributed by atoms with Crippen molar-refractivity contribution in [3.05, 3.63) is 29.6 Å². The number of alkyl halides is 3. The number of halogens is 4. The Labute approximate surface area is 95.6 Å². The minimum Gasteiger partial charge on any atom is -0.494 e. The molecule has 0 aliphatic carbocycles. The van der Waals surface area contributed by atoms with Gasteiger partial charge in [0.1, 0.15) is 6.10 Å². The summed E-state index contributed by atoms with van der Waals surface area (Å²) < 4.78 is 42.7. The van der Waals surface area contributed by atoms with Crippen LogP contribution in [0.4, 0.5) is 13.2 Å². The third-order valence-corrected chi connectivity index (χ3v) is 2.27. The molecule has 90 valence electrons. The lowest BCUT2D eigenvalue weighted by Crippen LogP contribution is -2.29. The molecule has 0 fully saturated rings. The van der Waals surface area contributed by atoms with Gasteiger partial charge in [0.05, 0.1) is 7.11 Å². The van der Waals surface area contributed by atoms with E-state index in [0.717, 1.165) is 6.07 Å². The summed E-state index contributed by atoms with van der Waals surface area (Å²) in [4.78, 5) is 0. The third kappa shape index (κ3) is 3.28. The van der Waals surface area contributed by atoms with Crippen molar-refractivity contribution in [1.29, 1.82) is 0 Å². The molecule has 0 amide bonds. The van der Waals surface area contributed by atoms with E-state index >= 15 is 0 Å². The lowest BCUT2D eigenvalue weighted by molar-refractivity contribution is -0.0398. The van der Waals surface area contributed by atoms with Crippen molar-refractivity contribution in [3.63, 3.8) is 0 Å². The number of rotatable bonds is 4. The van der Waals surface area contributed by atoms with Crippen molar-refractivity contribution in [3.8, 4) is 5.75 Å². The second-order valence-electron chi connectivity index (χ2n) is 3.23. The van der Waals surface area contributed by atoms with Crippen LogP contribution in [-0.4, -0.2) is 23.7 Å². The Morgan fingerprint density at radius 3 is 2.56 bits per heavy atom. The molecule has 0 aliphatic heterocycles. The van der Waals surface area contributed by atoms with Crippen molar-refractivity contribution < 1.29 is 23.0 Å². The molecule has 1 rings (SSSR count). The number of aliphatic hydroxyl groups excluding tert-OH is 1. The zero-order chi connectivity index (χ0) is 12.3. The first-order valence-electron chi connectivity index (χ1n) is 4.42. The molecule has 0 bridgehead atoms. The summed E-state index contributed by atoms with van der Waals surface area (Å²) >= 11 is 4.63. The van der Waals surface area contributed by atoms with Crippen molar-refractivity contribution in [1.82, 2.24) is 0 Å². The molecule has 1 aromatic carbocycles. The van der Waals surface area contributed by atoms with Crippen LogP contribution in [0.15, 0.2) is 18.2 Å². The zero-order valence-electron chi connectivity index (χ0n) is 8.38. The van der Waals surface area contributed by atoms with Crippen LogP contribution in [0.3, 0.4) is 0 Å². The molecule has 0 aromatic heterocycles. The van der Waals surface area contributed by atoms with Gasteiger partial charge < -0.3 is 9.84 Å². The van der Waals surface area contributed by atoms with E-state index in [0.29, 0.717) is 0 Å². The van der Waals surface area contributed by atoms with E-state index in [1.54, 1.807) is 0 Å². The smallest absolute Gasteiger partial charge is 0.347 e. The number of hydrogen-bond donors (Lipinski definition) is 1. The second kappa shape index (κ2) is 4.93. The summed E-state index contributed by atoms with van der Waals surface area (Å²) in [6, 6.07) is 3.70. The van der Waals surface area contributed by atoms with Gasteiger partial charge in [0.15, 0.2) is 11.6 Å². The maximum atomic E-state index is 13.2. The van der Waals surface area contributed by atoms with Crippen molar-refractivity contribution in [2.24, 2.45) is 0 Å². The third-order valence-electron chi connectivity index (χ3n) is 2.02. The lowest BCUT2D eigenvalue weighted by Gasteiger charge is -2.16. The zero-order valence-corrected chi connectivity index (χ0v) is 9.14. The van der Waals surface area contributed by atoms with Crippen LogP contribution in [0.1, 0.15) is 5.56 Å². The van der Waals surface area contributed by atoms with Crippen LogP contribution in [0, 0.1) is 5.82 Å². The molecule has 2 nitrogen and oxygen atoms in total. The highest BCUT2D eigenvalue weighted by atomic mass is 35.5. The second-order valence-corrected chi connectivity index (χ2v) is 3.73. The van der Waals surface area contributed by atoms with E-state index < -0.39 is 23.7 Å². The van der Waals surface area contributed by atoms with Gasteiger partial charge in [-0.3, -0.25) is 0 Å². The largest absolute Gasteiger partial charge is 0.494 e. The summed E-state index contributed by atoms with van der Waals surface area (Å²) in [5.74, 6) is -0.666. The normalized spacial score (nSPS) is 13.6. The van der Waals surface area contributed by atoms with E-state index in [4.69, 9.17) is 5.11 Å². The highest BCUT2D eigenvalue weighted by Gasteiger charge is 2.35. The Hall–Kier alpha value is -0.940. The fourth-order valence-electron chi connectivity index (χ4n) is 1.18. The van der Waals surface area contributed by atoms with E-state index in [1.807, 2.05) is 0 Å². The van der Waals surface area contributed by atoms with E-state index in [9.17, 15) is 13.2 Å². The first-order valence-corrected chi connectivity index (χ1v) is 4.79. The van der Waals surface area contributed by atoms with Crippen molar-refractivity contribution in [2.45, 2.75) is 17.9 Å². The maximum absolute atomic E-state index is 13.2. The van der Waals surface area contributed by atoms with E-state index in [2.05, 4.69) is 16.3 Å². The molecule has 0 radical (unpaired) electrons. The molecule has 6 heteroatoms. The first-order chi connectivity index (χ1) is 7.34. The monoisotopic (exact) mass is 254 g/mol.